The van der Waals surface area contributed by atoms with Crippen molar-refractivity contribution in [1.82, 2.24) is 15.2 Å². The van der Waals surface area contributed by atoms with Crippen molar-refractivity contribution in [3.63, 3.8) is 0 Å². The van der Waals surface area contributed by atoms with E-state index in [0.717, 1.165) is 17.3 Å². The molecule has 0 saturated heterocycles. The third kappa shape index (κ3) is 2.66. The van der Waals surface area contributed by atoms with Gasteiger partial charge < -0.3 is 10.1 Å². The lowest BCUT2D eigenvalue weighted by Gasteiger charge is -2.05. The first-order valence-corrected chi connectivity index (χ1v) is 4.89. The molecule has 0 aliphatic rings. The van der Waals surface area contributed by atoms with Crippen molar-refractivity contribution < 1.29 is 4.74 Å². The molecule has 5 heteroatoms. The van der Waals surface area contributed by atoms with Crippen molar-refractivity contribution in [2.24, 2.45) is 0 Å². The van der Waals surface area contributed by atoms with Crippen LogP contribution in [0, 0.1) is 0 Å². The number of nitrogens with zero attached hydrogens (tertiary/aromatic N) is 3. The van der Waals surface area contributed by atoms with Crippen molar-refractivity contribution in [3.8, 4) is 5.75 Å². The lowest BCUT2D eigenvalue weighted by atomic mass is 10.4. The molecule has 2 aromatic rings. The van der Waals surface area contributed by atoms with E-state index in [1.807, 2.05) is 24.3 Å². The molecule has 2 aromatic heterocycles. The lowest BCUT2D eigenvalue weighted by molar-refractivity contribution is 0.413. The molecule has 0 aliphatic carbocycles. The van der Waals surface area contributed by atoms with Crippen LogP contribution in [0.5, 0.6) is 5.75 Å². The normalized spacial score (nSPS) is 9.81. The molecule has 0 atom stereocenters. The number of aromatic nitrogens is 3. The van der Waals surface area contributed by atoms with Gasteiger partial charge in [-0.3, -0.25) is 0 Å². The fourth-order valence-corrected chi connectivity index (χ4v) is 1.21. The van der Waals surface area contributed by atoms with Crippen molar-refractivity contribution in [1.29, 1.82) is 0 Å². The monoisotopic (exact) mass is 216 g/mol. The van der Waals surface area contributed by atoms with Crippen LogP contribution in [0.1, 0.15) is 5.69 Å². The summed E-state index contributed by atoms with van der Waals surface area (Å²) in [6, 6.07) is 7.47. The van der Waals surface area contributed by atoms with Crippen molar-refractivity contribution in [2.75, 3.05) is 12.4 Å². The van der Waals surface area contributed by atoms with Crippen LogP contribution in [-0.2, 0) is 6.54 Å². The first-order valence-electron chi connectivity index (χ1n) is 4.89. The van der Waals surface area contributed by atoms with Crippen LogP contribution in [-0.4, -0.2) is 22.3 Å². The van der Waals surface area contributed by atoms with Crippen LogP contribution in [0.15, 0.2) is 36.7 Å². The molecule has 2 rings (SSSR count). The lowest BCUT2D eigenvalue weighted by Crippen LogP contribution is -2.03. The minimum Gasteiger partial charge on any atom is -0.495 e. The van der Waals surface area contributed by atoms with Crippen LogP contribution in [0.4, 0.5) is 5.82 Å². The Morgan fingerprint density at radius 3 is 2.88 bits per heavy atom. The SMILES string of the molecule is COc1ccc(NCc2cccnn2)nc1. The zero-order chi connectivity index (χ0) is 11.2. The largest absolute Gasteiger partial charge is 0.495 e. The topological polar surface area (TPSA) is 59.9 Å². The van der Waals surface area contributed by atoms with Gasteiger partial charge in [-0.25, -0.2) is 4.98 Å². The van der Waals surface area contributed by atoms with E-state index in [1.165, 1.54) is 0 Å². The highest BCUT2D eigenvalue weighted by Gasteiger charge is 1.96. The van der Waals surface area contributed by atoms with Crippen LogP contribution in [0.2, 0.25) is 0 Å². The van der Waals surface area contributed by atoms with Crippen LogP contribution >= 0.6 is 0 Å². The number of ether oxygens (including phenoxy) is 1. The van der Waals surface area contributed by atoms with E-state index in [2.05, 4.69) is 20.5 Å². The molecule has 2 heterocycles. The second-order valence-corrected chi connectivity index (χ2v) is 3.15. The molecule has 16 heavy (non-hydrogen) atoms. The Morgan fingerprint density at radius 2 is 2.25 bits per heavy atom. The summed E-state index contributed by atoms with van der Waals surface area (Å²) in [4.78, 5) is 4.18. The number of methoxy groups -OCH3 is 1. The molecule has 0 bridgehead atoms. The first kappa shape index (κ1) is 10.4. The summed E-state index contributed by atoms with van der Waals surface area (Å²) in [7, 11) is 1.61. The van der Waals surface area contributed by atoms with Crippen molar-refractivity contribution in [3.05, 3.63) is 42.4 Å². The smallest absolute Gasteiger partial charge is 0.137 e. The highest BCUT2D eigenvalue weighted by Crippen LogP contribution is 2.11. The van der Waals surface area contributed by atoms with Gasteiger partial charge in [-0.05, 0) is 24.3 Å². The predicted molar refractivity (Wildman–Crippen MR) is 60.1 cm³/mol. The zero-order valence-electron chi connectivity index (χ0n) is 8.92. The third-order valence-electron chi connectivity index (χ3n) is 2.05. The van der Waals surface area contributed by atoms with Gasteiger partial charge in [-0.15, -0.1) is 0 Å². The van der Waals surface area contributed by atoms with E-state index in [9.17, 15) is 0 Å². The molecule has 0 amide bonds. The molecule has 0 spiro atoms. The summed E-state index contributed by atoms with van der Waals surface area (Å²) in [5.74, 6) is 1.52. The Balaban J connectivity index is 1.94. The highest BCUT2D eigenvalue weighted by atomic mass is 16.5. The summed E-state index contributed by atoms with van der Waals surface area (Å²) < 4.78 is 5.02. The van der Waals surface area contributed by atoms with Gasteiger partial charge in [-0.2, -0.15) is 10.2 Å². The molecule has 0 radical (unpaired) electrons. The van der Waals surface area contributed by atoms with Gasteiger partial charge in [0.25, 0.3) is 0 Å². The van der Waals surface area contributed by atoms with Gasteiger partial charge >= 0.3 is 0 Å². The molecular weight excluding hydrogens is 204 g/mol. The number of rotatable bonds is 4. The summed E-state index contributed by atoms with van der Waals surface area (Å²) in [5.41, 5.74) is 0.875. The number of pyridine rings is 1. The third-order valence-corrected chi connectivity index (χ3v) is 2.05. The molecule has 0 unspecified atom stereocenters. The Kier molecular flexibility index (Phi) is 3.28. The number of anilines is 1. The number of hydrogen-bond donors (Lipinski definition) is 1. The minimum atomic E-state index is 0.604. The summed E-state index contributed by atoms with van der Waals surface area (Å²) in [6.07, 6.45) is 3.31. The molecule has 0 fully saturated rings. The van der Waals surface area contributed by atoms with Gasteiger partial charge in [0.15, 0.2) is 0 Å². The molecule has 5 nitrogen and oxygen atoms in total. The minimum absolute atomic E-state index is 0.604. The van der Waals surface area contributed by atoms with E-state index in [4.69, 9.17) is 4.74 Å². The molecule has 0 aromatic carbocycles. The van der Waals surface area contributed by atoms with Crippen LogP contribution in [0.3, 0.4) is 0 Å². The van der Waals surface area contributed by atoms with E-state index in [1.54, 1.807) is 19.5 Å². The average Bonchev–Trinajstić information content (AvgIpc) is 2.38. The Hall–Kier alpha value is -2.17. The average molecular weight is 216 g/mol. The fourth-order valence-electron chi connectivity index (χ4n) is 1.21. The van der Waals surface area contributed by atoms with Crippen LogP contribution < -0.4 is 10.1 Å². The highest BCUT2D eigenvalue weighted by molar-refractivity contribution is 5.37. The van der Waals surface area contributed by atoms with Gasteiger partial charge in [0.05, 0.1) is 25.5 Å². The zero-order valence-corrected chi connectivity index (χ0v) is 8.92. The molecule has 0 saturated carbocycles. The fraction of sp³-hybridized carbons (Fsp3) is 0.182. The van der Waals surface area contributed by atoms with E-state index < -0.39 is 0 Å². The maximum Gasteiger partial charge on any atom is 0.137 e. The van der Waals surface area contributed by atoms with Gasteiger partial charge in [0.2, 0.25) is 0 Å². The molecular formula is C11H12N4O. The second kappa shape index (κ2) is 5.06. The second-order valence-electron chi connectivity index (χ2n) is 3.15. The number of nitrogens with one attached hydrogen (secondary N) is 1. The maximum atomic E-state index is 5.02. The van der Waals surface area contributed by atoms with Gasteiger partial charge in [0, 0.05) is 6.20 Å². The Labute approximate surface area is 93.5 Å². The van der Waals surface area contributed by atoms with Crippen LogP contribution in [0.25, 0.3) is 0 Å². The quantitative estimate of drug-likeness (QED) is 0.839. The van der Waals surface area contributed by atoms with E-state index in [0.29, 0.717) is 6.54 Å². The summed E-state index contributed by atoms with van der Waals surface area (Å²) in [6.45, 7) is 0.604. The van der Waals surface area contributed by atoms with Crippen molar-refractivity contribution in [2.45, 2.75) is 6.54 Å². The maximum absolute atomic E-state index is 5.02. The Bertz CT molecular complexity index is 429. The van der Waals surface area contributed by atoms with E-state index >= 15 is 0 Å². The predicted octanol–water partition coefficient (Wildman–Crippen LogP) is 1.49. The summed E-state index contributed by atoms with van der Waals surface area (Å²) >= 11 is 0. The molecule has 1 N–H and O–H groups in total. The van der Waals surface area contributed by atoms with E-state index in [-0.39, 0.29) is 0 Å². The number of hydrogen-bond acceptors (Lipinski definition) is 5. The van der Waals surface area contributed by atoms with Gasteiger partial charge in [-0.1, -0.05) is 0 Å². The summed E-state index contributed by atoms with van der Waals surface area (Å²) in [5, 5.41) is 10.9. The van der Waals surface area contributed by atoms with Crippen molar-refractivity contribution >= 4 is 5.82 Å². The van der Waals surface area contributed by atoms with Gasteiger partial charge in [0.1, 0.15) is 11.6 Å². The molecule has 82 valence electrons. The standard InChI is InChI=1S/C11H12N4O/c1-16-10-4-5-11(13-8-10)12-7-9-3-2-6-14-15-9/h2-6,8H,7H2,1H3,(H,12,13). The first-order chi connectivity index (χ1) is 7.88. The molecule has 0 aliphatic heterocycles. The Morgan fingerprint density at radius 1 is 1.31 bits per heavy atom.